The molecule has 0 heterocycles. The van der Waals surface area contributed by atoms with Gasteiger partial charge in [-0.25, -0.2) is 0 Å². The molecule has 1 amide bonds. The van der Waals surface area contributed by atoms with E-state index in [0.717, 1.165) is 18.4 Å². The molecule has 0 radical (unpaired) electrons. The van der Waals surface area contributed by atoms with Crippen LogP contribution in [0.2, 0.25) is 0 Å². The van der Waals surface area contributed by atoms with Crippen molar-refractivity contribution in [3.05, 3.63) is 35.9 Å². The fourth-order valence-electron chi connectivity index (χ4n) is 2.96. The lowest BCUT2D eigenvalue weighted by molar-refractivity contribution is -0.119. The first-order valence-corrected chi connectivity index (χ1v) is 8.53. The lowest BCUT2D eigenvalue weighted by Gasteiger charge is -2.21. The van der Waals surface area contributed by atoms with Crippen LogP contribution in [0.25, 0.3) is 0 Å². The van der Waals surface area contributed by atoms with E-state index in [9.17, 15) is 4.79 Å². The number of unbranched alkanes of at least 4 members (excludes halogenated alkanes) is 4. The van der Waals surface area contributed by atoms with Gasteiger partial charge in [-0.05, 0) is 17.9 Å². The van der Waals surface area contributed by atoms with Gasteiger partial charge in [-0.3, -0.25) is 4.79 Å². The smallest absolute Gasteiger partial charge is 0.224 e. The van der Waals surface area contributed by atoms with Crippen LogP contribution in [-0.2, 0) is 4.79 Å². The van der Waals surface area contributed by atoms with Gasteiger partial charge in [0.2, 0.25) is 5.91 Å². The summed E-state index contributed by atoms with van der Waals surface area (Å²) in [6, 6.07) is 9.98. The zero-order valence-electron chi connectivity index (χ0n) is 13.7. The third-order valence-corrected chi connectivity index (χ3v) is 4.41. The third-order valence-electron chi connectivity index (χ3n) is 4.41. The maximum absolute atomic E-state index is 11.8. The molecule has 0 aliphatic carbocycles. The first kappa shape index (κ1) is 17.7. The Morgan fingerprint density at radius 1 is 1.05 bits per heavy atom. The molecule has 2 atom stereocenters. The lowest BCUT2D eigenvalue weighted by Crippen LogP contribution is -2.23. The van der Waals surface area contributed by atoms with Crippen molar-refractivity contribution in [2.24, 2.45) is 11.7 Å². The van der Waals surface area contributed by atoms with E-state index in [2.05, 4.69) is 13.8 Å². The molecular weight excluding hydrogens is 258 g/mol. The number of rotatable bonds is 11. The number of amides is 1. The highest BCUT2D eigenvalue weighted by Gasteiger charge is 2.21. The summed E-state index contributed by atoms with van der Waals surface area (Å²) < 4.78 is 0. The minimum atomic E-state index is -0.189. The fourth-order valence-corrected chi connectivity index (χ4v) is 2.96. The second-order valence-corrected chi connectivity index (χ2v) is 6.08. The van der Waals surface area contributed by atoms with E-state index in [4.69, 9.17) is 5.73 Å². The molecule has 0 saturated carbocycles. The Labute approximate surface area is 130 Å². The molecular formula is C19H31NO. The Kier molecular flexibility index (Phi) is 8.80. The second-order valence-electron chi connectivity index (χ2n) is 6.08. The normalized spacial score (nSPS) is 13.8. The van der Waals surface area contributed by atoms with Gasteiger partial charge >= 0.3 is 0 Å². The molecule has 0 aliphatic heterocycles. The number of carbonyl (C=O) groups excluding carboxylic acids is 1. The van der Waals surface area contributed by atoms with Crippen LogP contribution >= 0.6 is 0 Å². The number of hydrogen-bond acceptors (Lipinski definition) is 1. The van der Waals surface area contributed by atoms with Crippen LogP contribution in [0.5, 0.6) is 0 Å². The summed E-state index contributed by atoms with van der Waals surface area (Å²) >= 11 is 0. The summed E-state index contributed by atoms with van der Waals surface area (Å²) in [6.07, 6.45) is 9.80. The minimum absolute atomic E-state index is 0.133. The van der Waals surface area contributed by atoms with Crippen molar-refractivity contribution in [1.29, 1.82) is 0 Å². The van der Waals surface area contributed by atoms with Gasteiger partial charge in [0.05, 0.1) is 5.92 Å². The molecule has 0 aliphatic rings. The van der Waals surface area contributed by atoms with Gasteiger partial charge in [-0.15, -0.1) is 0 Å². The summed E-state index contributed by atoms with van der Waals surface area (Å²) in [5.74, 6) is 0.279. The second kappa shape index (κ2) is 10.4. The van der Waals surface area contributed by atoms with Crippen molar-refractivity contribution in [3.8, 4) is 0 Å². The largest absolute Gasteiger partial charge is 0.369 e. The molecule has 2 unspecified atom stereocenters. The van der Waals surface area contributed by atoms with Gasteiger partial charge in [0.25, 0.3) is 0 Å². The minimum Gasteiger partial charge on any atom is -0.369 e. The van der Waals surface area contributed by atoms with Gasteiger partial charge in [0.1, 0.15) is 0 Å². The van der Waals surface area contributed by atoms with Gasteiger partial charge in [-0.1, -0.05) is 89.1 Å². The van der Waals surface area contributed by atoms with Crippen LogP contribution in [0.3, 0.4) is 0 Å². The lowest BCUT2D eigenvalue weighted by atomic mass is 9.84. The molecule has 2 heteroatoms. The predicted octanol–water partition coefficient (Wildman–Crippen LogP) is 5.03. The Morgan fingerprint density at radius 2 is 1.71 bits per heavy atom. The molecule has 0 bridgehead atoms. The number of carbonyl (C=O) groups is 1. The summed E-state index contributed by atoms with van der Waals surface area (Å²) in [5, 5.41) is 0. The molecule has 21 heavy (non-hydrogen) atoms. The summed E-state index contributed by atoms with van der Waals surface area (Å²) in [6.45, 7) is 4.46. The van der Waals surface area contributed by atoms with E-state index < -0.39 is 0 Å². The monoisotopic (exact) mass is 289 g/mol. The molecule has 0 aromatic heterocycles. The Morgan fingerprint density at radius 3 is 2.29 bits per heavy atom. The van der Waals surface area contributed by atoms with Crippen LogP contribution in [0, 0.1) is 5.92 Å². The molecule has 118 valence electrons. The average molecular weight is 289 g/mol. The van der Waals surface area contributed by atoms with Gasteiger partial charge in [-0.2, -0.15) is 0 Å². The first-order valence-electron chi connectivity index (χ1n) is 8.53. The zero-order valence-corrected chi connectivity index (χ0v) is 13.7. The van der Waals surface area contributed by atoms with E-state index in [1.807, 2.05) is 30.3 Å². The predicted molar refractivity (Wildman–Crippen MR) is 90.2 cm³/mol. The quantitative estimate of drug-likeness (QED) is 0.570. The summed E-state index contributed by atoms with van der Waals surface area (Å²) in [4.78, 5) is 11.8. The van der Waals surface area contributed by atoms with Crippen LogP contribution in [0.15, 0.2) is 30.3 Å². The van der Waals surface area contributed by atoms with Crippen molar-refractivity contribution >= 4 is 5.91 Å². The highest BCUT2D eigenvalue weighted by Crippen LogP contribution is 2.28. The molecule has 2 nitrogen and oxygen atoms in total. The van der Waals surface area contributed by atoms with Crippen LogP contribution in [-0.4, -0.2) is 5.91 Å². The number of hydrogen-bond donors (Lipinski definition) is 1. The SMILES string of the molecule is CCCCCCCC(CC)CC(C(N)=O)c1ccccc1. The standard InChI is InChI=1S/C19H31NO/c1-3-5-6-7-9-12-16(4-2)15-18(19(20)21)17-13-10-8-11-14-17/h8,10-11,13-14,16,18H,3-7,9,12,15H2,1-2H3,(H2,20,21). The Bertz CT molecular complexity index is 388. The van der Waals surface area contributed by atoms with E-state index in [-0.39, 0.29) is 11.8 Å². The van der Waals surface area contributed by atoms with Crippen molar-refractivity contribution < 1.29 is 4.79 Å². The van der Waals surface area contributed by atoms with Gasteiger partial charge < -0.3 is 5.73 Å². The van der Waals surface area contributed by atoms with Gasteiger partial charge in [0.15, 0.2) is 0 Å². The molecule has 1 aromatic carbocycles. The van der Waals surface area contributed by atoms with Crippen LogP contribution in [0.1, 0.15) is 76.7 Å². The van der Waals surface area contributed by atoms with Crippen LogP contribution < -0.4 is 5.73 Å². The fraction of sp³-hybridized carbons (Fsp3) is 0.632. The Balaban J connectivity index is 2.50. The maximum Gasteiger partial charge on any atom is 0.224 e. The van der Waals surface area contributed by atoms with E-state index in [1.54, 1.807) is 0 Å². The zero-order chi connectivity index (χ0) is 15.5. The molecule has 1 aromatic rings. The molecule has 0 spiro atoms. The molecule has 0 fully saturated rings. The highest BCUT2D eigenvalue weighted by molar-refractivity contribution is 5.81. The number of benzene rings is 1. The topological polar surface area (TPSA) is 43.1 Å². The van der Waals surface area contributed by atoms with E-state index >= 15 is 0 Å². The summed E-state index contributed by atoms with van der Waals surface area (Å²) in [7, 11) is 0. The van der Waals surface area contributed by atoms with Crippen molar-refractivity contribution in [2.75, 3.05) is 0 Å². The van der Waals surface area contributed by atoms with Crippen molar-refractivity contribution in [2.45, 2.75) is 71.1 Å². The number of nitrogens with two attached hydrogens (primary N) is 1. The molecule has 0 saturated heterocycles. The van der Waals surface area contributed by atoms with Crippen LogP contribution in [0.4, 0.5) is 0 Å². The highest BCUT2D eigenvalue weighted by atomic mass is 16.1. The maximum atomic E-state index is 11.8. The van der Waals surface area contributed by atoms with Crippen molar-refractivity contribution in [3.63, 3.8) is 0 Å². The van der Waals surface area contributed by atoms with E-state index in [0.29, 0.717) is 5.92 Å². The summed E-state index contributed by atoms with van der Waals surface area (Å²) in [5.41, 5.74) is 6.69. The first-order chi connectivity index (χ1) is 10.2. The third kappa shape index (κ3) is 6.79. The average Bonchev–Trinajstić information content (AvgIpc) is 2.50. The Hall–Kier alpha value is -1.31. The van der Waals surface area contributed by atoms with E-state index in [1.165, 1.54) is 38.5 Å². The molecule has 2 N–H and O–H groups in total. The van der Waals surface area contributed by atoms with Gasteiger partial charge in [0, 0.05) is 0 Å². The number of primary amides is 1. The molecule has 1 rings (SSSR count). The van der Waals surface area contributed by atoms with Crippen molar-refractivity contribution in [1.82, 2.24) is 0 Å².